The topological polar surface area (TPSA) is 106 Å². The molecule has 5 aromatic rings. The molecule has 0 amide bonds. The van der Waals surface area contributed by atoms with E-state index in [2.05, 4.69) is 94.5 Å². The molecule has 37 heavy (non-hydrogen) atoms. The van der Waals surface area contributed by atoms with Gasteiger partial charge >= 0.3 is 0 Å². The number of rotatable bonds is 8. The zero-order valence-corrected chi connectivity index (χ0v) is 23.4. The van der Waals surface area contributed by atoms with Crippen molar-refractivity contribution >= 4 is 32.5 Å². The second kappa shape index (κ2) is 9.22. The van der Waals surface area contributed by atoms with Crippen LogP contribution < -0.4 is 0 Å². The van der Waals surface area contributed by atoms with Crippen molar-refractivity contribution in [2.75, 3.05) is 7.05 Å². The van der Waals surface area contributed by atoms with Crippen molar-refractivity contribution in [3.05, 3.63) is 52.7 Å². The van der Waals surface area contributed by atoms with E-state index in [1.807, 2.05) is 26.2 Å². The van der Waals surface area contributed by atoms with Crippen LogP contribution in [0.5, 0.6) is 0 Å². The average molecular weight is 518 g/mol. The number of nitroso groups, excluding NO2 is 1. The second-order valence-corrected chi connectivity index (χ2v) is 12.9. The zero-order chi connectivity index (χ0) is 26.5. The van der Waals surface area contributed by atoms with E-state index in [1.165, 1.54) is 5.56 Å². The van der Waals surface area contributed by atoms with Gasteiger partial charge in [-0.05, 0) is 62.6 Å². The molecule has 9 heteroatoms. The van der Waals surface area contributed by atoms with Gasteiger partial charge in [-0.15, -0.1) is 11.3 Å². The molecule has 1 aromatic carbocycles. The summed E-state index contributed by atoms with van der Waals surface area (Å²) in [4.78, 5) is 18.7. The standard InChI is InChI=1S/C28H35N7OS/c1-16(27(2,3)4)35(7)15-17-8-18(12-28(5,6)34-36)20-10-22(31-21(20)9-17)25-26-23(32-33-25)11-24(37-26)19-13-29-30-14-19/h8-11,13-14,16,31H,12,15H2,1-7H3,(H,29,30)(H,32,33). The molecule has 0 bridgehead atoms. The monoisotopic (exact) mass is 517 g/mol. The van der Waals surface area contributed by atoms with Crippen LogP contribution in [0, 0.1) is 10.3 Å². The lowest BCUT2D eigenvalue weighted by atomic mass is 9.87. The molecule has 5 rings (SSSR count). The number of hydrogen-bond acceptors (Lipinski definition) is 6. The Morgan fingerprint density at radius 2 is 1.89 bits per heavy atom. The van der Waals surface area contributed by atoms with Crippen LogP contribution in [-0.4, -0.2) is 48.9 Å². The molecular formula is C28H35N7OS. The van der Waals surface area contributed by atoms with Gasteiger partial charge in [-0.2, -0.15) is 15.1 Å². The van der Waals surface area contributed by atoms with E-state index < -0.39 is 5.54 Å². The van der Waals surface area contributed by atoms with Crippen LogP contribution in [0.3, 0.4) is 0 Å². The minimum atomic E-state index is -0.694. The van der Waals surface area contributed by atoms with Gasteiger partial charge in [0.2, 0.25) is 0 Å². The minimum Gasteiger partial charge on any atom is -0.353 e. The highest BCUT2D eigenvalue weighted by atomic mass is 32.1. The van der Waals surface area contributed by atoms with Gasteiger partial charge in [0, 0.05) is 46.5 Å². The lowest BCUT2D eigenvalue weighted by Gasteiger charge is -2.35. The quantitative estimate of drug-likeness (QED) is 0.191. The van der Waals surface area contributed by atoms with Gasteiger partial charge in [-0.1, -0.05) is 32.0 Å². The van der Waals surface area contributed by atoms with Gasteiger partial charge in [0.15, 0.2) is 0 Å². The fourth-order valence-corrected chi connectivity index (χ4v) is 5.95. The molecule has 4 aromatic heterocycles. The molecule has 0 fully saturated rings. The van der Waals surface area contributed by atoms with Crippen LogP contribution in [0.1, 0.15) is 52.7 Å². The van der Waals surface area contributed by atoms with Crippen molar-refractivity contribution in [1.82, 2.24) is 30.3 Å². The smallest absolute Gasteiger partial charge is 0.126 e. The summed E-state index contributed by atoms with van der Waals surface area (Å²) in [5, 5.41) is 19.3. The molecule has 0 radical (unpaired) electrons. The van der Waals surface area contributed by atoms with Crippen LogP contribution in [0.4, 0.5) is 0 Å². The van der Waals surface area contributed by atoms with Crippen molar-refractivity contribution in [3.63, 3.8) is 0 Å². The fraction of sp³-hybridized carbons (Fsp3) is 0.429. The number of hydrogen-bond donors (Lipinski definition) is 3. The van der Waals surface area contributed by atoms with Gasteiger partial charge in [0.1, 0.15) is 11.2 Å². The van der Waals surface area contributed by atoms with Crippen LogP contribution in [0.25, 0.3) is 42.9 Å². The molecule has 194 valence electrons. The van der Waals surface area contributed by atoms with Gasteiger partial charge < -0.3 is 4.98 Å². The first-order valence-corrected chi connectivity index (χ1v) is 13.4. The summed E-state index contributed by atoms with van der Waals surface area (Å²) in [6.45, 7) is 13.7. The van der Waals surface area contributed by atoms with E-state index in [4.69, 9.17) is 0 Å². The lowest BCUT2D eigenvalue weighted by Crippen LogP contribution is -2.38. The van der Waals surface area contributed by atoms with Crippen molar-refractivity contribution in [2.45, 2.75) is 66.1 Å². The first-order valence-electron chi connectivity index (χ1n) is 12.6. The zero-order valence-electron chi connectivity index (χ0n) is 22.6. The van der Waals surface area contributed by atoms with E-state index >= 15 is 0 Å². The Labute approximate surface area is 220 Å². The largest absolute Gasteiger partial charge is 0.353 e. The number of benzene rings is 1. The maximum atomic E-state index is 11.6. The van der Waals surface area contributed by atoms with Gasteiger partial charge in [0.25, 0.3) is 0 Å². The predicted molar refractivity (Wildman–Crippen MR) is 153 cm³/mol. The van der Waals surface area contributed by atoms with E-state index in [0.717, 1.165) is 55.1 Å². The summed E-state index contributed by atoms with van der Waals surface area (Å²) in [7, 11) is 2.17. The number of fused-ring (bicyclic) bond motifs is 2. The number of thiophene rings is 1. The van der Waals surface area contributed by atoms with Crippen LogP contribution in [0.2, 0.25) is 0 Å². The van der Waals surface area contributed by atoms with Crippen LogP contribution in [0.15, 0.2) is 41.8 Å². The molecule has 0 aliphatic carbocycles. The SMILES string of the molecule is CC(N(C)Cc1cc(CC(C)(C)N=O)c2cc(-c3n[nH]c4cc(-c5cn[nH]c5)sc34)[nH]c2c1)C(C)(C)C. The third kappa shape index (κ3) is 4.98. The van der Waals surface area contributed by atoms with Gasteiger partial charge in [-0.25, -0.2) is 0 Å². The normalized spacial score (nSPS) is 13.7. The Hall–Kier alpha value is -3.30. The average Bonchev–Trinajstić information content (AvgIpc) is 3.60. The number of aromatic amines is 3. The molecule has 0 saturated heterocycles. The number of nitrogens with one attached hydrogen (secondary N) is 3. The third-order valence-corrected chi connectivity index (χ3v) is 8.56. The van der Waals surface area contributed by atoms with E-state index in [9.17, 15) is 4.91 Å². The summed E-state index contributed by atoms with van der Waals surface area (Å²) < 4.78 is 1.10. The van der Waals surface area contributed by atoms with E-state index in [-0.39, 0.29) is 5.41 Å². The van der Waals surface area contributed by atoms with Crippen molar-refractivity contribution < 1.29 is 0 Å². The van der Waals surface area contributed by atoms with Gasteiger partial charge in [-0.3, -0.25) is 15.1 Å². The highest BCUT2D eigenvalue weighted by Crippen LogP contribution is 2.39. The molecule has 0 aliphatic heterocycles. The van der Waals surface area contributed by atoms with Crippen molar-refractivity contribution in [2.24, 2.45) is 10.6 Å². The number of H-pyrrole nitrogens is 3. The fourth-order valence-electron chi connectivity index (χ4n) is 4.86. The molecule has 4 heterocycles. The Morgan fingerprint density at radius 1 is 1.11 bits per heavy atom. The Bertz CT molecular complexity index is 1550. The molecule has 1 atom stereocenters. The molecular weight excluding hydrogens is 482 g/mol. The highest BCUT2D eigenvalue weighted by Gasteiger charge is 2.26. The Kier molecular flexibility index (Phi) is 6.32. The first-order chi connectivity index (χ1) is 17.4. The number of nitrogens with zero attached hydrogens (tertiary/aromatic N) is 4. The summed E-state index contributed by atoms with van der Waals surface area (Å²) in [5.74, 6) is 0. The van der Waals surface area contributed by atoms with E-state index in [0.29, 0.717) is 12.5 Å². The predicted octanol–water partition coefficient (Wildman–Crippen LogP) is 7.12. The molecule has 0 spiro atoms. The Morgan fingerprint density at radius 3 is 2.57 bits per heavy atom. The highest BCUT2D eigenvalue weighted by molar-refractivity contribution is 7.22. The minimum absolute atomic E-state index is 0.173. The molecule has 0 aliphatic rings. The molecule has 3 N–H and O–H groups in total. The summed E-state index contributed by atoms with van der Waals surface area (Å²) in [5.41, 5.74) is 6.75. The maximum Gasteiger partial charge on any atom is 0.126 e. The Balaban J connectivity index is 1.57. The summed E-state index contributed by atoms with van der Waals surface area (Å²) >= 11 is 1.69. The lowest BCUT2D eigenvalue weighted by molar-refractivity contribution is 0.134. The van der Waals surface area contributed by atoms with E-state index in [1.54, 1.807) is 11.3 Å². The molecule has 0 saturated carbocycles. The van der Waals surface area contributed by atoms with Crippen molar-refractivity contribution in [3.8, 4) is 21.8 Å². The second-order valence-electron chi connectivity index (χ2n) is 11.8. The van der Waals surface area contributed by atoms with Gasteiger partial charge in [0.05, 0.1) is 22.1 Å². The molecule has 1 unspecified atom stereocenters. The van der Waals surface area contributed by atoms with Crippen LogP contribution >= 0.6 is 11.3 Å². The maximum absolute atomic E-state index is 11.6. The third-order valence-electron chi connectivity index (χ3n) is 7.37. The van der Waals surface area contributed by atoms with Crippen LogP contribution in [-0.2, 0) is 13.0 Å². The van der Waals surface area contributed by atoms with Crippen molar-refractivity contribution in [1.29, 1.82) is 0 Å². The molecule has 8 nitrogen and oxygen atoms in total. The number of aromatic nitrogens is 5. The summed E-state index contributed by atoms with van der Waals surface area (Å²) in [6, 6.07) is 9.13. The first kappa shape index (κ1) is 25.4. The summed E-state index contributed by atoms with van der Waals surface area (Å²) in [6.07, 6.45) is 4.29.